The SMILES string of the molecule is COc1ccc(C#N)cc1CNCCCOCCO. The van der Waals surface area contributed by atoms with E-state index in [0.717, 1.165) is 24.3 Å². The highest BCUT2D eigenvalue weighted by molar-refractivity contribution is 5.41. The Kier molecular flexibility index (Phi) is 7.59. The molecule has 0 aliphatic carbocycles. The standard InChI is InChI=1S/C14H20N2O3/c1-18-14-4-3-12(10-15)9-13(14)11-16-5-2-7-19-8-6-17/h3-4,9,16-17H,2,5-8,11H2,1H3. The summed E-state index contributed by atoms with van der Waals surface area (Å²) in [5.41, 5.74) is 1.60. The van der Waals surface area contributed by atoms with E-state index in [1.807, 2.05) is 6.07 Å². The van der Waals surface area contributed by atoms with Crippen LogP contribution in [0.25, 0.3) is 0 Å². The highest BCUT2D eigenvalue weighted by atomic mass is 16.5. The second-order valence-electron chi connectivity index (χ2n) is 4.00. The number of hydrogen-bond donors (Lipinski definition) is 2. The molecule has 104 valence electrons. The van der Waals surface area contributed by atoms with Crippen LogP contribution < -0.4 is 10.1 Å². The van der Waals surface area contributed by atoms with E-state index < -0.39 is 0 Å². The molecule has 0 unspecified atom stereocenters. The summed E-state index contributed by atoms with van der Waals surface area (Å²) in [7, 11) is 1.62. The fourth-order valence-electron chi connectivity index (χ4n) is 1.68. The lowest BCUT2D eigenvalue weighted by Crippen LogP contribution is -2.17. The van der Waals surface area contributed by atoms with E-state index in [0.29, 0.717) is 25.3 Å². The zero-order chi connectivity index (χ0) is 13.9. The maximum absolute atomic E-state index is 8.87. The van der Waals surface area contributed by atoms with Crippen LogP contribution in [0.1, 0.15) is 17.5 Å². The quantitative estimate of drug-likeness (QED) is 0.652. The average molecular weight is 264 g/mol. The van der Waals surface area contributed by atoms with Crippen molar-refractivity contribution in [2.45, 2.75) is 13.0 Å². The molecule has 0 saturated carbocycles. The molecule has 0 aromatic heterocycles. The lowest BCUT2D eigenvalue weighted by molar-refractivity contribution is 0.0907. The largest absolute Gasteiger partial charge is 0.496 e. The van der Waals surface area contributed by atoms with E-state index in [1.165, 1.54) is 0 Å². The summed E-state index contributed by atoms with van der Waals surface area (Å²) in [5, 5.41) is 20.7. The number of benzene rings is 1. The van der Waals surface area contributed by atoms with Crippen molar-refractivity contribution < 1.29 is 14.6 Å². The van der Waals surface area contributed by atoms with Gasteiger partial charge in [0.05, 0.1) is 32.0 Å². The zero-order valence-electron chi connectivity index (χ0n) is 11.2. The molecule has 0 fully saturated rings. The summed E-state index contributed by atoms with van der Waals surface area (Å²) < 4.78 is 10.4. The van der Waals surface area contributed by atoms with Crippen LogP contribution in [0.2, 0.25) is 0 Å². The van der Waals surface area contributed by atoms with Crippen LogP contribution in [0, 0.1) is 11.3 Å². The van der Waals surface area contributed by atoms with Crippen LogP contribution in [0.5, 0.6) is 5.75 Å². The zero-order valence-corrected chi connectivity index (χ0v) is 11.2. The number of aliphatic hydroxyl groups excluding tert-OH is 1. The van der Waals surface area contributed by atoms with E-state index >= 15 is 0 Å². The molecule has 0 heterocycles. The maximum Gasteiger partial charge on any atom is 0.123 e. The van der Waals surface area contributed by atoms with Crippen molar-refractivity contribution in [2.24, 2.45) is 0 Å². The third-order valence-corrected chi connectivity index (χ3v) is 2.60. The molecule has 1 rings (SSSR count). The number of aliphatic hydroxyl groups is 1. The van der Waals surface area contributed by atoms with Gasteiger partial charge in [0.25, 0.3) is 0 Å². The van der Waals surface area contributed by atoms with Gasteiger partial charge in [-0.2, -0.15) is 5.26 Å². The van der Waals surface area contributed by atoms with Crippen LogP contribution in [-0.2, 0) is 11.3 Å². The number of nitrogens with zero attached hydrogens (tertiary/aromatic N) is 1. The summed E-state index contributed by atoms with van der Waals surface area (Å²) in [6.07, 6.45) is 0.875. The monoisotopic (exact) mass is 264 g/mol. The molecule has 0 amide bonds. The number of nitrogens with one attached hydrogen (secondary N) is 1. The van der Waals surface area contributed by atoms with E-state index in [4.69, 9.17) is 19.8 Å². The lowest BCUT2D eigenvalue weighted by atomic mass is 10.1. The molecule has 0 atom stereocenters. The minimum absolute atomic E-state index is 0.0611. The number of hydrogen-bond acceptors (Lipinski definition) is 5. The van der Waals surface area contributed by atoms with Gasteiger partial charge in [0, 0.05) is 18.7 Å². The minimum atomic E-state index is 0.0611. The highest BCUT2D eigenvalue weighted by Crippen LogP contribution is 2.19. The van der Waals surface area contributed by atoms with E-state index in [2.05, 4.69) is 11.4 Å². The van der Waals surface area contributed by atoms with Crippen molar-refractivity contribution >= 4 is 0 Å². The van der Waals surface area contributed by atoms with Crippen LogP contribution in [0.15, 0.2) is 18.2 Å². The maximum atomic E-state index is 8.87. The molecular formula is C14H20N2O3. The van der Waals surface area contributed by atoms with Gasteiger partial charge in [0.15, 0.2) is 0 Å². The molecule has 0 bridgehead atoms. The Morgan fingerprint density at radius 1 is 1.37 bits per heavy atom. The average Bonchev–Trinajstić information content (AvgIpc) is 2.46. The Morgan fingerprint density at radius 2 is 2.21 bits per heavy atom. The summed E-state index contributed by atoms with van der Waals surface area (Å²) in [6, 6.07) is 7.49. The van der Waals surface area contributed by atoms with Crippen molar-refractivity contribution in [3.8, 4) is 11.8 Å². The number of rotatable bonds is 9. The Bertz CT molecular complexity index is 416. The molecule has 0 spiro atoms. The van der Waals surface area contributed by atoms with Crippen molar-refractivity contribution in [3.05, 3.63) is 29.3 Å². The molecule has 0 radical (unpaired) electrons. The van der Waals surface area contributed by atoms with Crippen LogP contribution in [-0.4, -0.2) is 38.6 Å². The van der Waals surface area contributed by atoms with Crippen LogP contribution >= 0.6 is 0 Å². The van der Waals surface area contributed by atoms with E-state index in [9.17, 15) is 0 Å². The Hall–Kier alpha value is -1.61. The van der Waals surface area contributed by atoms with Gasteiger partial charge in [-0.15, -0.1) is 0 Å². The van der Waals surface area contributed by atoms with Gasteiger partial charge in [0.2, 0.25) is 0 Å². The predicted molar refractivity (Wildman–Crippen MR) is 71.9 cm³/mol. The molecule has 0 saturated heterocycles. The lowest BCUT2D eigenvalue weighted by Gasteiger charge is -2.10. The van der Waals surface area contributed by atoms with Crippen molar-refractivity contribution in [1.29, 1.82) is 5.26 Å². The molecule has 2 N–H and O–H groups in total. The van der Waals surface area contributed by atoms with Gasteiger partial charge in [-0.3, -0.25) is 0 Å². The first-order valence-electron chi connectivity index (χ1n) is 6.28. The van der Waals surface area contributed by atoms with Crippen molar-refractivity contribution in [3.63, 3.8) is 0 Å². The fraction of sp³-hybridized carbons (Fsp3) is 0.500. The molecule has 5 nitrogen and oxygen atoms in total. The fourth-order valence-corrected chi connectivity index (χ4v) is 1.68. The number of ether oxygens (including phenoxy) is 2. The van der Waals surface area contributed by atoms with E-state index in [-0.39, 0.29) is 6.61 Å². The summed E-state index contributed by atoms with van der Waals surface area (Å²) in [4.78, 5) is 0. The summed E-state index contributed by atoms with van der Waals surface area (Å²) >= 11 is 0. The molecule has 5 heteroatoms. The van der Waals surface area contributed by atoms with Gasteiger partial charge in [-0.25, -0.2) is 0 Å². The summed E-state index contributed by atoms with van der Waals surface area (Å²) in [6.45, 7) is 2.54. The van der Waals surface area contributed by atoms with Crippen LogP contribution in [0.3, 0.4) is 0 Å². The first-order valence-corrected chi connectivity index (χ1v) is 6.28. The molecular weight excluding hydrogens is 244 g/mol. The minimum Gasteiger partial charge on any atom is -0.496 e. The van der Waals surface area contributed by atoms with Crippen molar-refractivity contribution in [2.75, 3.05) is 33.5 Å². The van der Waals surface area contributed by atoms with Crippen LogP contribution in [0.4, 0.5) is 0 Å². The summed E-state index contributed by atoms with van der Waals surface area (Å²) in [5.74, 6) is 0.781. The smallest absolute Gasteiger partial charge is 0.123 e. The van der Waals surface area contributed by atoms with Gasteiger partial charge in [-0.1, -0.05) is 0 Å². The normalized spacial score (nSPS) is 10.2. The Labute approximate surface area is 113 Å². The third-order valence-electron chi connectivity index (χ3n) is 2.60. The van der Waals surface area contributed by atoms with Gasteiger partial charge < -0.3 is 19.9 Å². The van der Waals surface area contributed by atoms with Gasteiger partial charge in [0.1, 0.15) is 5.75 Å². The second-order valence-corrected chi connectivity index (χ2v) is 4.00. The number of nitriles is 1. The Morgan fingerprint density at radius 3 is 2.89 bits per heavy atom. The molecule has 1 aromatic carbocycles. The first-order chi connectivity index (χ1) is 9.31. The highest BCUT2D eigenvalue weighted by Gasteiger charge is 2.03. The second kappa shape index (κ2) is 9.34. The van der Waals surface area contributed by atoms with Gasteiger partial charge >= 0.3 is 0 Å². The molecule has 1 aromatic rings. The van der Waals surface area contributed by atoms with Crippen molar-refractivity contribution in [1.82, 2.24) is 5.32 Å². The van der Waals surface area contributed by atoms with E-state index in [1.54, 1.807) is 19.2 Å². The molecule has 0 aliphatic heterocycles. The predicted octanol–water partition coefficient (Wildman–Crippen LogP) is 1.06. The first kappa shape index (κ1) is 15.4. The topological polar surface area (TPSA) is 74.5 Å². The number of methoxy groups -OCH3 is 1. The third kappa shape index (κ3) is 5.71. The Balaban J connectivity index is 2.34. The van der Waals surface area contributed by atoms with Gasteiger partial charge in [-0.05, 0) is 31.2 Å². The molecule has 19 heavy (non-hydrogen) atoms. The molecule has 0 aliphatic rings.